The van der Waals surface area contributed by atoms with Crippen LogP contribution in [0.25, 0.3) is 16.7 Å². The molecule has 0 saturated carbocycles. The van der Waals surface area contributed by atoms with Gasteiger partial charge in [0.25, 0.3) is 0 Å². The van der Waals surface area contributed by atoms with Gasteiger partial charge in [0.2, 0.25) is 5.91 Å². The van der Waals surface area contributed by atoms with E-state index in [4.69, 9.17) is 14.2 Å². The molecule has 3 aromatic rings. The molecule has 1 aromatic carbocycles. The molecule has 40 heavy (non-hydrogen) atoms. The Balaban J connectivity index is 1.61. The van der Waals surface area contributed by atoms with E-state index in [2.05, 4.69) is 15.4 Å². The first-order valence-electron chi connectivity index (χ1n) is 13.0. The summed E-state index contributed by atoms with van der Waals surface area (Å²) in [5.41, 5.74) is -0.151. The number of likely N-dealkylation sites (tertiary alicyclic amines) is 1. The Kier molecular flexibility index (Phi) is 8.17. The second-order valence-corrected chi connectivity index (χ2v) is 11.0. The first-order valence-corrected chi connectivity index (χ1v) is 13.0. The molecular weight excluding hydrogens is 518 g/mol. The van der Waals surface area contributed by atoms with Gasteiger partial charge in [-0.25, -0.2) is 19.3 Å². The normalized spacial score (nSPS) is 18.0. The molecule has 1 unspecified atom stereocenters. The Hall–Kier alpha value is -4.35. The summed E-state index contributed by atoms with van der Waals surface area (Å²) in [6.07, 6.45) is 2.07. The number of benzene rings is 1. The summed E-state index contributed by atoms with van der Waals surface area (Å²) in [4.78, 5) is 44.2. The minimum absolute atomic E-state index is 0.0199. The molecule has 12 nitrogen and oxygen atoms in total. The second kappa shape index (κ2) is 11.4. The van der Waals surface area contributed by atoms with Crippen LogP contribution in [0.5, 0.6) is 11.5 Å². The highest BCUT2D eigenvalue weighted by Gasteiger charge is 2.44. The van der Waals surface area contributed by atoms with Crippen LogP contribution in [-0.4, -0.2) is 80.2 Å². The molecule has 1 fully saturated rings. The third-order valence-electron chi connectivity index (χ3n) is 6.43. The minimum atomic E-state index is -1.15. The largest absolute Gasteiger partial charge is 0.497 e. The van der Waals surface area contributed by atoms with Crippen LogP contribution in [-0.2, 0) is 14.3 Å². The van der Waals surface area contributed by atoms with Gasteiger partial charge >= 0.3 is 12.1 Å². The summed E-state index contributed by atoms with van der Waals surface area (Å²) < 4.78 is 18.6. The number of amides is 2. The van der Waals surface area contributed by atoms with Crippen molar-refractivity contribution in [3.05, 3.63) is 42.7 Å². The fourth-order valence-corrected chi connectivity index (χ4v) is 4.58. The maximum absolute atomic E-state index is 13.6. The van der Waals surface area contributed by atoms with Crippen LogP contribution in [0.4, 0.5) is 4.79 Å². The average molecular weight is 554 g/mol. The number of aromatic nitrogens is 3. The van der Waals surface area contributed by atoms with Crippen LogP contribution >= 0.6 is 0 Å². The van der Waals surface area contributed by atoms with Gasteiger partial charge in [-0.05, 0) is 44.9 Å². The van der Waals surface area contributed by atoms with Crippen molar-refractivity contribution in [3.8, 4) is 17.3 Å². The van der Waals surface area contributed by atoms with Gasteiger partial charge in [0.1, 0.15) is 35.3 Å². The molecule has 0 bridgehead atoms. The zero-order valence-electron chi connectivity index (χ0n) is 23.5. The zero-order chi connectivity index (χ0) is 29.2. The quantitative estimate of drug-likeness (QED) is 0.429. The second-order valence-electron chi connectivity index (χ2n) is 11.0. The molecule has 214 valence electrons. The average Bonchev–Trinajstić information content (AvgIpc) is 3.56. The number of nitrogens with zero attached hydrogens (tertiary/aromatic N) is 4. The number of ether oxygens (including phenoxy) is 3. The Morgan fingerprint density at radius 1 is 1.18 bits per heavy atom. The SMILES string of the molecule is COc1ccc2c(OC3C[C@@H](C(=O)O)N(C(=O)[C@@H](NC(=O)OC(C)(C)C)C(C)C)C3)cc(-n3cccn3)nc2c1. The number of hydrogen-bond acceptors (Lipinski definition) is 8. The van der Waals surface area contributed by atoms with E-state index in [1.54, 1.807) is 83.1 Å². The van der Waals surface area contributed by atoms with Crippen molar-refractivity contribution < 1.29 is 33.7 Å². The molecule has 3 atom stereocenters. The van der Waals surface area contributed by atoms with Crippen LogP contribution in [0.1, 0.15) is 41.0 Å². The molecule has 4 rings (SSSR count). The number of alkyl carbamates (subject to hydrolysis) is 1. The van der Waals surface area contributed by atoms with Gasteiger partial charge in [0, 0.05) is 36.3 Å². The van der Waals surface area contributed by atoms with E-state index < -0.39 is 41.8 Å². The Bertz CT molecular complexity index is 1380. The van der Waals surface area contributed by atoms with Gasteiger partial charge in [-0.2, -0.15) is 5.10 Å². The monoisotopic (exact) mass is 553 g/mol. The fourth-order valence-electron chi connectivity index (χ4n) is 4.58. The maximum Gasteiger partial charge on any atom is 0.408 e. The van der Waals surface area contributed by atoms with Crippen LogP contribution < -0.4 is 14.8 Å². The lowest BCUT2D eigenvalue weighted by atomic mass is 10.0. The molecule has 2 amide bonds. The molecule has 0 spiro atoms. The van der Waals surface area contributed by atoms with Gasteiger partial charge in [-0.1, -0.05) is 13.8 Å². The third kappa shape index (κ3) is 6.44. The van der Waals surface area contributed by atoms with E-state index in [0.717, 1.165) is 0 Å². The number of nitrogens with one attached hydrogen (secondary N) is 1. The number of aliphatic carboxylic acids is 1. The number of pyridine rings is 1. The van der Waals surface area contributed by atoms with E-state index in [9.17, 15) is 19.5 Å². The number of carbonyl (C=O) groups excluding carboxylic acids is 2. The highest BCUT2D eigenvalue weighted by Crippen LogP contribution is 2.33. The molecule has 2 N–H and O–H groups in total. The predicted octanol–water partition coefficient (Wildman–Crippen LogP) is 3.41. The van der Waals surface area contributed by atoms with Gasteiger partial charge in [0.15, 0.2) is 5.82 Å². The molecule has 1 aliphatic heterocycles. The zero-order valence-corrected chi connectivity index (χ0v) is 23.5. The van der Waals surface area contributed by atoms with E-state index in [1.165, 1.54) is 4.90 Å². The van der Waals surface area contributed by atoms with E-state index in [1.807, 2.05) is 6.07 Å². The number of carboxylic acids is 1. The molecular formula is C28H35N5O7. The highest BCUT2D eigenvalue weighted by atomic mass is 16.6. The van der Waals surface area contributed by atoms with Gasteiger partial charge < -0.3 is 29.5 Å². The molecule has 0 aliphatic carbocycles. The van der Waals surface area contributed by atoms with Crippen molar-refractivity contribution in [2.45, 2.75) is 64.8 Å². The van der Waals surface area contributed by atoms with Crippen LogP contribution in [0.3, 0.4) is 0 Å². The topological polar surface area (TPSA) is 145 Å². The first kappa shape index (κ1) is 28.7. The fraction of sp³-hybridized carbons (Fsp3) is 0.464. The summed E-state index contributed by atoms with van der Waals surface area (Å²) in [5.74, 6) is -0.395. The van der Waals surface area contributed by atoms with Gasteiger partial charge in [0.05, 0.1) is 19.2 Å². The third-order valence-corrected chi connectivity index (χ3v) is 6.43. The van der Waals surface area contributed by atoms with Crippen LogP contribution in [0.15, 0.2) is 42.7 Å². The lowest BCUT2D eigenvalue weighted by Crippen LogP contribution is -2.54. The number of hydrogen-bond donors (Lipinski definition) is 2. The molecule has 1 saturated heterocycles. The summed E-state index contributed by atoms with van der Waals surface area (Å²) in [7, 11) is 1.56. The molecule has 1 aliphatic rings. The number of carboxylic acid groups (broad SMARTS) is 1. The Labute approximate surface area is 232 Å². The molecule has 0 radical (unpaired) electrons. The smallest absolute Gasteiger partial charge is 0.408 e. The standard InChI is InChI=1S/C28H35N5O7/c1-16(2)24(31-27(37)40-28(3,4)5)25(34)32-15-18(13-21(32)26(35)36)39-22-14-23(33-11-7-10-29-33)30-20-12-17(38-6)8-9-19(20)22/h7-12,14,16,18,21,24H,13,15H2,1-6H3,(H,31,37)(H,35,36)/t18?,21-,24-/m0/s1. The number of methoxy groups -OCH3 is 1. The maximum atomic E-state index is 13.6. The molecule has 2 aromatic heterocycles. The summed E-state index contributed by atoms with van der Waals surface area (Å²) >= 11 is 0. The van der Waals surface area contributed by atoms with Crippen molar-refractivity contribution in [1.82, 2.24) is 25.0 Å². The Morgan fingerprint density at radius 2 is 1.93 bits per heavy atom. The lowest BCUT2D eigenvalue weighted by molar-refractivity contribution is -0.149. The summed E-state index contributed by atoms with van der Waals surface area (Å²) in [6, 6.07) is 6.76. The van der Waals surface area contributed by atoms with Crippen molar-refractivity contribution in [2.24, 2.45) is 5.92 Å². The number of carbonyl (C=O) groups is 3. The molecule has 3 heterocycles. The van der Waals surface area contributed by atoms with Crippen molar-refractivity contribution in [1.29, 1.82) is 0 Å². The van der Waals surface area contributed by atoms with Crippen LogP contribution in [0.2, 0.25) is 0 Å². The van der Waals surface area contributed by atoms with Gasteiger partial charge in [-0.3, -0.25) is 4.79 Å². The van der Waals surface area contributed by atoms with Gasteiger partial charge in [-0.15, -0.1) is 0 Å². The summed E-state index contributed by atoms with van der Waals surface area (Å²) in [6.45, 7) is 8.73. The summed E-state index contributed by atoms with van der Waals surface area (Å²) in [5, 5.41) is 17.5. The predicted molar refractivity (Wildman–Crippen MR) is 146 cm³/mol. The van der Waals surface area contributed by atoms with Crippen molar-refractivity contribution >= 4 is 28.9 Å². The van der Waals surface area contributed by atoms with E-state index in [0.29, 0.717) is 28.2 Å². The Morgan fingerprint density at radius 3 is 2.52 bits per heavy atom. The lowest BCUT2D eigenvalue weighted by Gasteiger charge is -2.30. The minimum Gasteiger partial charge on any atom is -0.497 e. The molecule has 12 heteroatoms. The number of fused-ring (bicyclic) bond motifs is 1. The van der Waals surface area contributed by atoms with Crippen molar-refractivity contribution in [3.63, 3.8) is 0 Å². The van der Waals surface area contributed by atoms with Crippen molar-refractivity contribution in [2.75, 3.05) is 13.7 Å². The van der Waals surface area contributed by atoms with E-state index in [-0.39, 0.29) is 18.9 Å². The highest BCUT2D eigenvalue weighted by molar-refractivity contribution is 5.90. The van der Waals surface area contributed by atoms with Crippen LogP contribution in [0, 0.1) is 5.92 Å². The van der Waals surface area contributed by atoms with E-state index >= 15 is 0 Å². The first-order chi connectivity index (χ1) is 18.9. The number of rotatable bonds is 8.